The summed E-state index contributed by atoms with van der Waals surface area (Å²) in [5, 5.41) is 5.98. The van der Waals surface area contributed by atoms with E-state index in [9.17, 15) is 13.2 Å². The van der Waals surface area contributed by atoms with Gasteiger partial charge in [0.1, 0.15) is 11.6 Å². The molecule has 0 aliphatic carbocycles. The molecule has 0 aliphatic rings. The molecular formula is C16H20ClF3IN5O. The Morgan fingerprint density at radius 3 is 2.52 bits per heavy atom. The number of ether oxygens (including phenoxy) is 1. The maximum Gasteiger partial charge on any atom is 0.417 e. The van der Waals surface area contributed by atoms with Gasteiger partial charge in [-0.3, -0.25) is 4.99 Å². The largest absolute Gasteiger partial charge is 0.475 e. The van der Waals surface area contributed by atoms with Crippen molar-refractivity contribution in [3.05, 3.63) is 47.4 Å². The van der Waals surface area contributed by atoms with E-state index in [0.717, 1.165) is 12.6 Å². The van der Waals surface area contributed by atoms with Crippen LogP contribution in [0, 0.1) is 0 Å². The number of nitrogens with one attached hydrogen (secondary N) is 2. The summed E-state index contributed by atoms with van der Waals surface area (Å²) >= 11 is 5.78. The van der Waals surface area contributed by atoms with Crippen LogP contribution in [0.5, 0.6) is 5.88 Å². The Morgan fingerprint density at radius 1 is 1.26 bits per heavy atom. The molecule has 0 fully saturated rings. The number of nitrogens with zero attached hydrogens (tertiary/aromatic N) is 3. The molecule has 2 aromatic heterocycles. The highest BCUT2D eigenvalue weighted by atomic mass is 127. The molecule has 0 spiro atoms. The predicted molar refractivity (Wildman–Crippen MR) is 109 cm³/mol. The average Bonchev–Trinajstić information content (AvgIpc) is 3.10. The molecule has 0 aliphatic heterocycles. The minimum Gasteiger partial charge on any atom is -0.475 e. The molecule has 2 N–H and O–H groups in total. The standard InChI is InChI=1S/C16H19ClF3N5O.HI/c1-21-15(22-4-8-25-6-2-3-7-25)23-5-9-26-14-13(17)10-12(11-24-14)16(18,19)20;/h2-3,6-7,10-11H,4-5,8-9H2,1H3,(H2,21,22,23);1H. The van der Waals surface area contributed by atoms with Crippen LogP contribution in [0.2, 0.25) is 5.02 Å². The van der Waals surface area contributed by atoms with Crippen LogP contribution in [0.15, 0.2) is 41.8 Å². The first-order valence-electron chi connectivity index (χ1n) is 7.81. The predicted octanol–water partition coefficient (Wildman–Crippen LogP) is 3.42. The van der Waals surface area contributed by atoms with Crippen molar-refractivity contribution in [2.24, 2.45) is 4.99 Å². The third-order valence-corrected chi connectivity index (χ3v) is 3.59. The van der Waals surface area contributed by atoms with Crippen molar-refractivity contribution in [3.63, 3.8) is 0 Å². The van der Waals surface area contributed by atoms with Gasteiger partial charge < -0.3 is 19.9 Å². The van der Waals surface area contributed by atoms with Gasteiger partial charge in [-0.1, -0.05) is 11.6 Å². The zero-order valence-electron chi connectivity index (χ0n) is 14.5. The maximum atomic E-state index is 12.6. The first kappa shape index (κ1) is 23.3. The maximum absolute atomic E-state index is 12.6. The Bertz CT molecular complexity index is 725. The van der Waals surface area contributed by atoms with Crippen molar-refractivity contribution in [3.8, 4) is 5.88 Å². The van der Waals surface area contributed by atoms with Gasteiger partial charge in [0.25, 0.3) is 0 Å². The smallest absolute Gasteiger partial charge is 0.417 e. The van der Waals surface area contributed by atoms with E-state index in [1.54, 1.807) is 7.05 Å². The first-order valence-corrected chi connectivity index (χ1v) is 8.19. The van der Waals surface area contributed by atoms with Crippen LogP contribution < -0.4 is 15.4 Å². The number of rotatable bonds is 7. The van der Waals surface area contributed by atoms with Gasteiger partial charge in [0.15, 0.2) is 5.96 Å². The Hall–Kier alpha value is -1.69. The summed E-state index contributed by atoms with van der Waals surface area (Å²) in [6, 6.07) is 4.69. The lowest BCUT2D eigenvalue weighted by Crippen LogP contribution is -2.40. The van der Waals surface area contributed by atoms with Crippen LogP contribution in [0.1, 0.15) is 5.56 Å². The summed E-state index contributed by atoms with van der Waals surface area (Å²) < 4.78 is 45.0. The molecule has 6 nitrogen and oxygen atoms in total. The van der Waals surface area contributed by atoms with Crippen LogP contribution in [0.4, 0.5) is 13.2 Å². The number of hydrogen-bond donors (Lipinski definition) is 2. The van der Waals surface area contributed by atoms with Crippen LogP contribution in [-0.4, -0.2) is 42.3 Å². The second-order valence-corrected chi connectivity index (χ2v) is 5.61. The minimum absolute atomic E-state index is 0. The van der Waals surface area contributed by atoms with E-state index < -0.39 is 11.7 Å². The number of aliphatic imine (C=N–C) groups is 1. The SMILES string of the molecule is CN=C(NCCOc1ncc(C(F)(F)F)cc1Cl)NCCn1cccc1.I. The molecule has 0 unspecified atom stereocenters. The van der Waals surface area contributed by atoms with Crippen molar-refractivity contribution >= 4 is 41.5 Å². The highest BCUT2D eigenvalue weighted by Gasteiger charge is 2.31. The van der Waals surface area contributed by atoms with E-state index in [0.29, 0.717) is 25.2 Å². The number of pyridine rings is 1. The lowest BCUT2D eigenvalue weighted by Gasteiger charge is -2.13. The summed E-state index contributed by atoms with van der Waals surface area (Å²) in [6.45, 7) is 2.01. The molecule has 0 amide bonds. The van der Waals surface area contributed by atoms with Gasteiger partial charge in [0, 0.05) is 38.7 Å². The number of aromatic nitrogens is 2. The highest BCUT2D eigenvalue weighted by Crippen LogP contribution is 2.32. The van der Waals surface area contributed by atoms with Crippen molar-refractivity contribution in [1.29, 1.82) is 0 Å². The zero-order valence-corrected chi connectivity index (χ0v) is 17.5. The molecule has 0 saturated carbocycles. The molecule has 0 aromatic carbocycles. The fourth-order valence-electron chi connectivity index (χ4n) is 2.05. The van der Waals surface area contributed by atoms with E-state index in [-0.39, 0.29) is 41.5 Å². The molecule has 0 saturated heterocycles. The Balaban J connectivity index is 0.00000364. The van der Waals surface area contributed by atoms with Crippen LogP contribution >= 0.6 is 35.6 Å². The average molecular weight is 518 g/mol. The highest BCUT2D eigenvalue weighted by molar-refractivity contribution is 14.0. The molecular weight excluding hydrogens is 498 g/mol. The summed E-state index contributed by atoms with van der Waals surface area (Å²) in [5.74, 6) is 0.546. The van der Waals surface area contributed by atoms with Crippen molar-refractivity contribution in [2.45, 2.75) is 12.7 Å². The fraction of sp³-hybridized carbons (Fsp3) is 0.375. The van der Waals surface area contributed by atoms with E-state index >= 15 is 0 Å². The molecule has 2 rings (SSSR count). The zero-order chi connectivity index (χ0) is 19.0. The minimum atomic E-state index is -4.49. The van der Waals surface area contributed by atoms with Crippen LogP contribution in [-0.2, 0) is 12.7 Å². The molecule has 27 heavy (non-hydrogen) atoms. The van der Waals surface area contributed by atoms with Crippen molar-refractivity contribution in [1.82, 2.24) is 20.2 Å². The lowest BCUT2D eigenvalue weighted by atomic mass is 10.3. The lowest BCUT2D eigenvalue weighted by molar-refractivity contribution is -0.137. The second kappa shape index (κ2) is 11.2. The van der Waals surface area contributed by atoms with Gasteiger partial charge in [0.2, 0.25) is 5.88 Å². The molecule has 0 atom stereocenters. The Morgan fingerprint density at radius 2 is 1.93 bits per heavy atom. The van der Waals surface area contributed by atoms with E-state index in [2.05, 4.69) is 20.6 Å². The normalized spacial score (nSPS) is 11.7. The van der Waals surface area contributed by atoms with Crippen molar-refractivity contribution < 1.29 is 17.9 Å². The van der Waals surface area contributed by atoms with E-state index in [1.807, 2.05) is 29.1 Å². The molecule has 2 heterocycles. The molecule has 0 bridgehead atoms. The summed E-state index contributed by atoms with van der Waals surface area (Å²) in [7, 11) is 1.64. The molecule has 11 heteroatoms. The number of hydrogen-bond acceptors (Lipinski definition) is 3. The third-order valence-electron chi connectivity index (χ3n) is 3.32. The Labute approximate surface area is 177 Å². The molecule has 0 radical (unpaired) electrons. The van der Waals surface area contributed by atoms with Crippen LogP contribution in [0.25, 0.3) is 0 Å². The number of alkyl halides is 3. The first-order chi connectivity index (χ1) is 12.4. The van der Waals surface area contributed by atoms with Crippen molar-refractivity contribution in [2.75, 3.05) is 26.7 Å². The summed E-state index contributed by atoms with van der Waals surface area (Å²) in [5.41, 5.74) is -0.916. The molecule has 2 aromatic rings. The second-order valence-electron chi connectivity index (χ2n) is 5.20. The van der Waals surface area contributed by atoms with Gasteiger partial charge in [-0.05, 0) is 18.2 Å². The Kier molecular flexibility index (Phi) is 9.70. The topological polar surface area (TPSA) is 63.5 Å². The quantitative estimate of drug-likeness (QED) is 0.256. The van der Waals surface area contributed by atoms with E-state index in [1.165, 1.54) is 0 Å². The number of guanidine groups is 1. The molecule has 150 valence electrons. The summed E-state index contributed by atoms with van der Waals surface area (Å²) in [4.78, 5) is 7.68. The van der Waals surface area contributed by atoms with Gasteiger partial charge in [-0.25, -0.2) is 4.98 Å². The van der Waals surface area contributed by atoms with Gasteiger partial charge in [-0.2, -0.15) is 13.2 Å². The fourth-order valence-corrected chi connectivity index (χ4v) is 2.27. The van der Waals surface area contributed by atoms with Crippen LogP contribution in [0.3, 0.4) is 0 Å². The summed E-state index contributed by atoms with van der Waals surface area (Å²) in [6.07, 6.45) is 0.130. The number of halogens is 5. The van der Waals surface area contributed by atoms with Gasteiger partial charge in [-0.15, -0.1) is 24.0 Å². The van der Waals surface area contributed by atoms with Gasteiger partial charge in [0.05, 0.1) is 12.1 Å². The third kappa shape index (κ3) is 7.83. The van der Waals surface area contributed by atoms with E-state index in [4.69, 9.17) is 16.3 Å². The monoisotopic (exact) mass is 517 g/mol. The van der Waals surface area contributed by atoms with Gasteiger partial charge >= 0.3 is 6.18 Å².